The number of halogens is 1. The Balaban J connectivity index is 2.38. The molecular weight excluding hydrogens is 444 g/mol. The van der Waals surface area contributed by atoms with E-state index in [0.717, 1.165) is 7.05 Å². The van der Waals surface area contributed by atoms with E-state index in [1.165, 1.54) is 36.4 Å². The van der Waals surface area contributed by atoms with Gasteiger partial charge < -0.3 is 16.2 Å². The minimum Gasteiger partial charge on any atom is -0.508 e. The van der Waals surface area contributed by atoms with Crippen LogP contribution in [0.15, 0.2) is 36.4 Å². The first-order valence-corrected chi connectivity index (χ1v) is 11.2. The number of benzene rings is 2. The number of phenolic OH excluding ortho intramolecular Hbond substituents is 1. The van der Waals surface area contributed by atoms with Crippen molar-refractivity contribution in [2.75, 3.05) is 12.8 Å². The van der Waals surface area contributed by atoms with E-state index in [0.29, 0.717) is 5.56 Å². The van der Waals surface area contributed by atoms with E-state index in [9.17, 15) is 23.1 Å². The van der Waals surface area contributed by atoms with Gasteiger partial charge in [0.15, 0.2) is 5.69 Å². The molecule has 0 heterocycles. The van der Waals surface area contributed by atoms with Gasteiger partial charge in [-0.15, -0.1) is 3.89 Å². The van der Waals surface area contributed by atoms with Crippen molar-refractivity contribution < 1.29 is 23.1 Å². The van der Waals surface area contributed by atoms with E-state index < -0.39 is 25.8 Å². The molecule has 2 aromatic rings. The molecule has 0 saturated carbocycles. The summed E-state index contributed by atoms with van der Waals surface area (Å²) >= 11 is 6.10. The highest BCUT2D eigenvalue weighted by molar-refractivity contribution is 7.91. The van der Waals surface area contributed by atoms with Crippen LogP contribution in [0.1, 0.15) is 34.8 Å². The number of quaternary nitrogens is 1. The number of primary amides is 1. The molecule has 4 N–H and O–H groups in total. The van der Waals surface area contributed by atoms with Crippen molar-refractivity contribution in [1.29, 1.82) is 5.26 Å². The zero-order chi connectivity index (χ0) is 23.4. The topological polar surface area (TPSA) is 150 Å². The Hall–Kier alpha value is -3.13. The average Bonchev–Trinajstić information content (AvgIpc) is 2.71. The highest BCUT2D eigenvalue weighted by Gasteiger charge is 2.46. The molecule has 0 spiro atoms. The molecule has 0 aliphatic heterocycles. The van der Waals surface area contributed by atoms with Gasteiger partial charge in [0.1, 0.15) is 11.5 Å². The number of amides is 3. The van der Waals surface area contributed by atoms with Gasteiger partial charge in [-0.3, -0.25) is 4.79 Å². The SMILES string of the molecule is CCCS(=O)(=O)[N+](C)(C(N)=O)c1cc(Cl)cc(C(=O)NCc2ccc(C#N)cc2O)c1. The molecule has 1 unspecified atom stereocenters. The van der Waals surface area contributed by atoms with Gasteiger partial charge in [0.25, 0.3) is 5.91 Å². The fourth-order valence-corrected chi connectivity index (χ4v) is 4.69. The summed E-state index contributed by atoms with van der Waals surface area (Å²) in [7, 11) is -2.90. The first-order chi connectivity index (χ1) is 14.5. The van der Waals surface area contributed by atoms with Crippen molar-refractivity contribution in [2.45, 2.75) is 19.9 Å². The number of phenols is 1. The Morgan fingerprint density at radius 2 is 1.94 bits per heavy atom. The zero-order valence-electron chi connectivity index (χ0n) is 16.9. The molecule has 3 amide bonds. The fraction of sp³-hybridized carbons (Fsp3) is 0.250. The highest BCUT2D eigenvalue weighted by Crippen LogP contribution is 2.31. The van der Waals surface area contributed by atoms with Crippen LogP contribution in [0.4, 0.5) is 10.5 Å². The normalized spacial score (nSPS) is 13.1. The molecule has 1 atom stereocenters. The maximum Gasteiger partial charge on any atom is 0.434 e. The molecule has 0 radical (unpaired) electrons. The molecule has 31 heavy (non-hydrogen) atoms. The van der Waals surface area contributed by atoms with Crippen molar-refractivity contribution in [3.63, 3.8) is 0 Å². The van der Waals surface area contributed by atoms with Crippen LogP contribution in [0, 0.1) is 11.3 Å². The van der Waals surface area contributed by atoms with Gasteiger partial charge in [0, 0.05) is 34.8 Å². The third-order valence-electron chi connectivity index (χ3n) is 4.73. The van der Waals surface area contributed by atoms with Crippen molar-refractivity contribution in [3.05, 3.63) is 58.1 Å². The van der Waals surface area contributed by atoms with E-state index in [2.05, 4.69) is 5.32 Å². The van der Waals surface area contributed by atoms with Gasteiger partial charge in [-0.1, -0.05) is 24.6 Å². The van der Waals surface area contributed by atoms with Crippen molar-refractivity contribution >= 4 is 39.2 Å². The summed E-state index contributed by atoms with van der Waals surface area (Å²) in [4.78, 5) is 24.8. The van der Waals surface area contributed by atoms with Gasteiger partial charge in [-0.2, -0.15) is 13.7 Å². The van der Waals surface area contributed by atoms with E-state index in [4.69, 9.17) is 22.6 Å². The van der Waals surface area contributed by atoms with E-state index in [1.54, 1.807) is 6.92 Å². The summed E-state index contributed by atoms with van der Waals surface area (Å²) in [6.07, 6.45) is 0.269. The minimum absolute atomic E-state index is 0.00735. The molecule has 0 aromatic heterocycles. The molecular formula is C20H22ClN4O5S+. The molecule has 11 heteroatoms. The summed E-state index contributed by atoms with van der Waals surface area (Å²) in [6, 6.07) is 8.83. The number of nitrogens with zero attached hydrogens (tertiary/aromatic N) is 2. The second kappa shape index (κ2) is 9.34. The van der Waals surface area contributed by atoms with Gasteiger partial charge in [0.2, 0.25) is 0 Å². The third-order valence-corrected chi connectivity index (χ3v) is 7.38. The van der Waals surface area contributed by atoms with Crippen LogP contribution in [0.2, 0.25) is 5.02 Å². The summed E-state index contributed by atoms with van der Waals surface area (Å²) < 4.78 is 24.3. The number of rotatable bonds is 7. The summed E-state index contributed by atoms with van der Waals surface area (Å²) in [5.41, 5.74) is 6.01. The van der Waals surface area contributed by atoms with E-state index in [1.807, 2.05) is 6.07 Å². The molecule has 2 rings (SSSR count). The Kier molecular flexibility index (Phi) is 7.28. The number of aromatic hydroxyl groups is 1. The number of nitrogens with two attached hydrogens (primary N) is 1. The monoisotopic (exact) mass is 465 g/mol. The minimum atomic E-state index is -4.04. The molecule has 0 bridgehead atoms. The smallest absolute Gasteiger partial charge is 0.434 e. The number of hydrogen-bond donors (Lipinski definition) is 3. The van der Waals surface area contributed by atoms with Crippen LogP contribution in [0.5, 0.6) is 5.75 Å². The number of carbonyl (C=O) groups is 2. The Labute approximate surface area is 185 Å². The van der Waals surface area contributed by atoms with Crippen LogP contribution >= 0.6 is 11.6 Å². The number of carbonyl (C=O) groups excluding carboxylic acids is 2. The van der Waals surface area contributed by atoms with E-state index in [-0.39, 0.29) is 46.3 Å². The predicted octanol–water partition coefficient (Wildman–Crippen LogP) is 2.60. The largest absolute Gasteiger partial charge is 0.508 e. The first-order valence-electron chi connectivity index (χ1n) is 9.17. The lowest BCUT2D eigenvalue weighted by atomic mass is 10.1. The number of nitriles is 1. The summed E-state index contributed by atoms with van der Waals surface area (Å²) in [6.45, 7) is 1.59. The second-order valence-corrected chi connectivity index (χ2v) is 9.62. The van der Waals surface area contributed by atoms with Crippen LogP contribution in [0.25, 0.3) is 0 Å². The molecule has 0 fully saturated rings. The number of sulfonamides is 1. The molecule has 9 nitrogen and oxygen atoms in total. The maximum atomic E-state index is 12.8. The number of urea groups is 1. The lowest BCUT2D eigenvalue weighted by Gasteiger charge is -2.28. The Bertz CT molecular complexity index is 1180. The number of nitrogens with one attached hydrogen (secondary N) is 1. The molecule has 164 valence electrons. The fourth-order valence-electron chi connectivity index (χ4n) is 2.88. The maximum absolute atomic E-state index is 12.8. The van der Waals surface area contributed by atoms with Crippen LogP contribution in [0.3, 0.4) is 0 Å². The summed E-state index contributed by atoms with van der Waals surface area (Å²) in [5.74, 6) is -1.07. The zero-order valence-corrected chi connectivity index (χ0v) is 18.5. The predicted molar refractivity (Wildman–Crippen MR) is 117 cm³/mol. The van der Waals surface area contributed by atoms with Gasteiger partial charge >= 0.3 is 16.1 Å². The molecule has 0 saturated heterocycles. The van der Waals surface area contributed by atoms with Gasteiger partial charge in [-0.25, -0.2) is 4.79 Å². The lowest BCUT2D eigenvalue weighted by Crippen LogP contribution is -2.58. The summed E-state index contributed by atoms with van der Waals surface area (Å²) in [5, 5.41) is 21.4. The van der Waals surface area contributed by atoms with Gasteiger partial charge in [0.05, 0.1) is 18.7 Å². The average molecular weight is 466 g/mol. The third kappa shape index (κ3) is 4.96. The molecule has 2 aromatic carbocycles. The standard InChI is InChI=1S/C20H21ClN4O5S/c1-3-6-31(29,30)25(2,20(23)28)17-9-15(8-16(21)10-17)19(27)24-12-14-5-4-13(11-22)7-18(14)26/h4-5,7-10H,3,6,12H2,1-2H3,(H3-,23,24,26,27,28)/p+1. The van der Waals surface area contributed by atoms with Crippen molar-refractivity contribution in [3.8, 4) is 11.8 Å². The van der Waals surface area contributed by atoms with Crippen LogP contribution < -0.4 is 14.9 Å². The van der Waals surface area contributed by atoms with Crippen molar-refractivity contribution in [1.82, 2.24) is 9.21 Å². The van der Waals surface area contributed by atoms with Crippen molar-refractivity contribution in [2.24, 2.45) is 5.73 Å². The first kappa shape index (κ1) is 24.1. The van der Waals surface area contributed by atoms with Gasteiger partial charge in [-0.05, 0) is 24.6 Å². The Morgan fingerprint density at radius 1 is 1.26 bits per heavy atom. The Morgan fingerprint density at radius 3 is 2.48 bits per heavy atom. The molecule has 0 aliphatic rings. The quantitative estimate of drug-likeness (QED) is 0.534. The number of hydrogen-bond acceptors (Lipinski definition) is 6. The van der Waals surface area contributed by atoms with Crippen LogP contribution in [-0.2, 0) is 16.6 Å². The van der Waals surface area contributed by atoms with E-state index >= 15 is 0 Å². The lowest BCUT2D eigenvalue weighted by molar-refractivity contribution is 0.0950. The van der Waals surface area contributed by atoms with Crippen LogP contribution in [-0.4, -0.2) is 38.3 Å². The molecule has 0 aliphatic carbocycles. The second-order valence-electron chi connectivity index (χ2n) is 6.88. The highest BCUT2D eigenvalue weighted by atomic mass is 35.5.